The van der Waals surface area contributed by atoms with Crippen LogP contribution in [0.1, 0.15) is 18.1 Å². The number of hydrogen-bond donors (Lipinski definition) is 2. The molecule has 76 valence electrons. The Morgan fingerprint density at radius 3 is 3.00 bits per heavy atom. The fourth-order valence-electron chi connectivity index (χ4n) is 1.64. The number of nitrogens with one attached hydrogen (secondary N) is 1. The van der Waals surface area contributed by atoms with Crippen LogP contribution in [0.3, 0.4) is 0 Å². The lowest BCUT2D eigenvalue weighted by molar-refractivity contribution is 0.465. The van der Waals surface area contributed by atoms with Crippen LogP contribution in [0.2, 0.25) is 0 Å². The van der Waals surface area contributed by atoms with Crippen LogP contribution in [0.25, 0.3) is 5.52 Å². The summed E-state index contributed by atoms with van der Waals surface area (Å²) in [6, 6.07) is 3.48. The van der Waals surface area contributed by atoms with Crippen LogP contribution in [0.4, 0.5) is 0 Å². The molecule has 5 heteroatoms. The molecule has 0 bridgehead atoms. The molecule has 0 aromatic carbocycles. The fraction of sp³-hybridized carbons (Fsp3) is 0.200. The number of nitriles is 1. The summed E-state index contributed by atoms with van der Waals surface area (Å²) in [7, 11) is 0. The van der Waals surface area contributed by atoms with Crippen LogP contribution >= 0.6 is 0 Å². The molecule has 0 atom stereocenters. The lowest BCUT2D eigenvalue weighted by Crippen LogP contribution is -2.19. The van der Waals surface area contributed by atoms with E-state index in [0.29, 0.717) is 11.9 Å². The van der Waals surface area contributed by atoms with Gasteiger partial charge in [-0.2, -0.15) is 5.26 Å². The Kier molecular flexibility index (Phi) is 1.97. The van der Waals surface area contributed by atoms with Gasteiger partial charge in [-0.15, -0.1) is 0 Å². The minimum Gasteiger partial charge on any atom is -0.506 e. The van der Waals surface area contributed by atoms with Crippen molar-refractivity contribution in [3.63, 3.8) is 0 Å². The predicted molar refractivity (Wildman–Crippen MR) is 53.8 cm³/mol. The predicted octanol–water partition coefficient (Wildman–Crippen LogP) is 0.767. The molecule has 2 heterocycles. The smallest absolute Gasteiger partial charge is 0.276 e. The van der Waals surface area contributed by atoms with Crippen molar-refractivity contribution in [3.05, 3.63) is 33.7 Å². The van der Waals surface area contributed by atoms with E-state index in [1.165, 1.54) is 4.52 Å². The largest absolute Gasteiger partial charge is 0.506 e. The van der Waals surface area contributed by atoms with Crippen molar-refractivity contribution in [3.8, 4) is 11.8 Å². The second kappa shape index (κ2) is 3.17. The Balaban J connectivity index is 3.06. The van der Waals surface area contributed by atoms with Gasteiger partial charge < -0.3 is 5.11 Å². The third-order valence-corrected chi connectivity index (χ3v) is 2.39. The molecule has 0 aliphatic rings. The number of pyridine rings is 1. The second-order valence-corrected chi connectivity index (χ2v) is 3.16. The molecule has 2 rings (SSSR count). The lowest BCUT2D eigenvalue weighted by Gasteiger charge is -2.04. The molecule has 2 aromatic rings. The first-order chi connectivity index (χ1) is 7.20. The number of rotatable bonds is 1. The third kappa shape index (κ3) is 1.12. The van der Waals surface area contributed by atoms with Gasteiger partial charge in [0.05, 0.1) is 11.1 Å². The van der Waals surface area contributed by atoms with E-state index in [1.807, 2.05) is 6.07 Å². The third-order valence-electron chi connectivity index (χ3n) is 2.39. The van der Waals surface area contributed by atoms with E-state index >= 15 is 0 Å². The average molecular weight is 203 g/mol. The molecule has 2 N–H and O–H groups in total. The Bertz CT molecular complexity index is 616. The summed E-state index contributed by atoms with van der Waals surface area (Å²) in [6.07, 6.45) is 1.94. The zero-order valence-electron chi connectivity index (χ0n) is 8.11. The highest BCUT2D eigenvalue weighted by molar-refractivity contribution is 5.67. The number of aromatic amines is 1. The Morgan fingerprint density at radius 1 is 1.67 bits per heavy atom. The van der Waals surface area contributed by atoms with Gasteiger partial charge in [-0.05, 0) is 12.5 Å². The lowest BCUT2D eigenvalue weighted by atomic mass is 10.1. The van der Waals surface area contributed by atoms with Crippen molar-refractivity contribution in [2.45, 2.75) is 13.3 Å². The molecular formula is C10H9N3O2. The molecule has 0 saturated heterocycles. The van der Waals surface area contributed by atoms with Gasteiger partial charge in [0, 0.05) is 6.20 Å². The van der Waals surface area contributed by atoms with Gasteiger partial charge in [-0.3, -0.25) is 9.89 Å². The molecule has 0 spiro atoms. The van der Waals surface area contributed by atoms with Crippen molar-refractivity contribution < 1.29 is 5.11 Å². The number of H-pyrrole nitrogens is 1. The molecular weight excluding hydrogens is 194 g/mol. The topological polar surface area (TPSA) is 81.3 Å². The highest BCUT2D eigenvalue weighted by Crippen LogP contribution is 2.23. The molecule has 0 unspecified atom stereocenters. The van der Waals surface area contributed by atoms with Gasteiger partial charge in [0.1, 0.15) is 17.4 Å². The summed E-state index contributed by atoms with van der Waals surface area (Å²) in [4.78, 5) is 11.8. The van der Waals surface area contributed by atoms with E-state index in [4.69, 9.17) is 5.26 Å². The first-order valence-corrected chi connectivity index (χ1v) is 4.54. The molecule has 15 heavy (non-hydrogen) atoms. The summed E-state index contributed by atoms with van der Waals surface area (Å²) in [5, 5.41) is 21.3. The minimum absolute atomic E-state index is 0.132. The Hall–Kier alpha value is -2.22. The Morgan fingerprint density at radius 2 is 2.40 bits per heavy atom. The molecule has 0 aliphatic carbocycles. The molecule has 5 nitrogen and oxygen atoms in total. The SMILES string of the molecule is CCc1c(O)c(C#N)c2cc[nH]n2c1=O. The maximum absolute atomic E-state index is 11.8. The quantitative estimate of drug-likeness (QED) is 0.718. The van der Waals surface area contributed by atoms with Gasteiger partial charge in [-0.25, -0.2) is 4.52 Å². The monoisotopic (exact) mass is 203 g/mol. The maximum Gasteiger partial charge on any atom is 0.276 e. The van der Waals surface area contributed by atoms with E-state index < -0.39 is 0 Å². The van der Waals surface area contributed by atoms with Crippen LogP contribution in [0, 0.1) is 11.3 Å². The highest BCUT2D eigenvalue weighted by Gasteiger charge is 2.16. The first kappa shape index (κ1) is 9.34. The summed E-state index contributed by atoms with van der Waals surface area (Å²) >= 11 is 0. The van der Waals surface area contributed by atoms with Gasteiger partial charge in [0.2, 0.25) is 0 Å². The van der Waals surface area contributed by atoms with Crippen molar-refractivity contribution in [2.24, 2.45) is 0 Å². The van der Waals surface area contributed by atoms with Crippen LogP contribution in [0.5, 0.6) is 5.75 Å². The van der Waals surface area contributed by atoms with E-state index in [-0.39, 0.29) is 22.4 Å². The summed E-state index contributed by atoms with van der Waals surface area (Å²) in [6.45, 7) is 1.76. The summed E-state index contributed by atoms with van der Waals surface area (Å²) in [5.41, 5.74) is 0.477. The van der Waals surface area contributed by atoms with Gasteiger partial charge in [0.15, 0.2) is 0 Å². The average Bonchev–Trinajstić information content (AvgIpc) is 2.68. The van der Waals surface area contributed by atoms with E-state index in [0.717, 1.165) is 0 Å². The summed E-state index contributed by atoms with van der Waals surface area (Å²) < 4.78 is 1.26. The van der Waals surface area contributed by atoms with Gasteiger partial charge in [0.25, 0.3) is 5.56 Å². The van der Waals surface area contributed by atoms with Crippen molar-refractivity contribution in [1.82, 2.24) is 9.61 Å². The zero-order valence-corrected chi connectivity index (χ0v) is 8.11. The molecule has 0 radical (unpaired) electrons. The number of hydrogen-bond acceptors (Lipinski definition) is 3. The van der Waals surface area contributed by atoms with E-state index in [2.05, 4.69) is 5.10 Å². The molecule has 0 amide bonds. The second-order valence-electron chi connectivity index (χ2n) is 3.16. The number of nitrogens with zero attached hydrogens (tertiary/aromatic N) is 2. The molecule has 0 fully saturated rings. The highest BCUT2D eigenvalue weighted by atomic mass is 16.3. The number of aromatic hydroxyl groups is 1. The van der Waals surface area contributed by atoms with Crippen molar-refractivity contribution in [1.29, 1.82) is 5.26 Å². The molecule has 0 saturated carbocycles. The van der Waals surface area contributed by atoms with Crippen molar-refractivity contribution >= 4 is 5.52 Å². The fourth-order valence-corrected chi connectivity index (χ4v) is 1.64. The maximum atomic E-state index is 11.8. The normalized spacial score (nSPS) is 10.4. The van der Waals surface area contributed by atoms with Crippen molar-refractivity contribution in [2.75, 3.05) is 0 Å². The van der Waals surface area contributed by atoms with E-state index in [1.54, 1.807) is 19.2 Å². The zero-order chi connectivity index (χ0) is 11.0. The van der Waals surface area contributed by atoms with E-state index in [9.17, 15) is 9.90 Å². The molecule has 2 aromatic heterocycles. The van der Waals surface area contributed by atoms with Crippen LogP contribution in [-0.2, 0) is 6.42 Å². The van der Waals surface area contributed by atoms with Crippen LogP contribution in [0.15, 0.2) is 17.1 Å². The first-order valence-electron chi connectivity index (χ1n) is 4.54. The Labute approximate surface area is 85.2 Å². The number of fused-ring (bicyclic) bond motifs is 1. The standard InChI is InChI=1S/C10H9N3O2/c1-2-6-9(14)7(5-11)8-3-4-12-13(8)10(6)15/h3-4,12,14H,2H2,1H3. The number of aromatic nitrogens is 2. The van der Waals surface area contributed by atoms with Crippen LogP contribution < -0.4 is 5.56 Å². The van der Waals surface area contributed by atoms with Crippen LogP contribution in [-0.4, -0.2) is 14.7 Å². The summed E-state index contributed by atoms with van der Waals surface area (Å²) in [5.74, 6) is -0.204. The van der Waals surface area contributed by atoms with Gasteiger partial charge in [-0.1, -0.05) is 6.92 Å². The van der Waals surface area contributed by atoms with Gasteiger partial charge >= 0.3 is 0 Å². The molecule has 0 aliphatic heterocycles. The minimum atomic E-state index is -0.311.